The molecule has 3 nitrogen and oxygen atoms in total. The number of benzene rings is 1. The lowest BCUT2D eigenvalue weighted by Gasteiger charge is -2.11. The standard InChI is InChI=1S/C13H20N2O/c14-6-2-8-16-13-4-1-3-11(9-13)12-5-7-15-10-12/h1,3-4,9,12,15H,2,5-8,10,14H2. The number of hydrogen-bond acceptors (Lipinski definition) is 3. The second kappa shape index (κ2) is 5.87. The van der Waals surface area contributed by atoms with Crippen molar-refractivity contribution in [2.24, 2.45) is 5.73 Å². The number of rotatable bonds is 5. The third-order valence-electron chi connectivity index (χ3n) is 3.01. The summed E-state index contributed by atoms with van der Waals surface area (Å²) in [6, 6.07) is 8.44. The van der Waals surface area contributed by atoms with Crippen molar-refractivity contribution in [3.05, 3.63) is 29.8 Å². The van der Waals surface area contributed by atoms with Crippen molar-refractivity contribution >= 4 is 0 Å². The van der Waals surface area contributed by atoms with Gasteiger partial charge < -0.3 is 15.8 Å². The van der Waals surface area contributed by atoms with Gasteiger partial charge in [0.2, 0.25) is 0 Å². The summed E-state index contributed by atoms with van der Waals surface area (Å²) in [4.78, 5) is 0. The summed E-state index contributed by atoms with van der Waals surface area (Å²) < 4.78 is 5.65. The lowest BCUT2D eigenvalue weighted by Crippen LogP contribution is -2.08. The lowest BCUT2D eigenvalue weighted by molar-refractivity contribution is 0.313. The quantitative estimate of drug-likeness (QED) is 0.739. The third-order valence-corrected chi connectivity index (χ3v) is 3.01. The van der Waals surface area contributed by atoms with E-state index in [-0.39, 0.29) is 0 Å². The molecule has 0 bridgehead atoms. The first kappa shape index (κ1) is 11.4. The number of ether oxygens (including phenoxy) is 1. The SMILES string of the molecule is NCCCOc1cccc(C2CCNC2)c1. The summed E-state index contributed by atoms with van der Waals surface area (Å²) in [6.45, 7) is 3.62. The van der Waals surface area contributed by atoms with E-state index in [1.165, 1.54) is 12.0 Å². The highest BCUT2D eigenvalue weighted by molar-refractivity contribution is 5.31. The van der Waals surface area contributed by atoms with Gasteiger partial charge in [0.15, 0.2) is 0 Å². The summed E-state index contributed by atoms with van der Waals surface area (Å²) in [7, 11) is 0. The summed E-state index contributed by atoms with van der Waals surface area (Å²) in [5.74, 6) is 1.62. The highest BCUT2D eigenvalue weighted by Gasteiger charge is 2.16. The van der Waals surface area contributed by atoms with Crippen molar-refractivity contribution < 1.29 is 4.74 Å². The Balaban J connectivity index is 1.95. The molecule has 1 saturated heterocycles. The Hall–Kier alpha value is -1.06. The summed E-state index contributed by atoms with van der Waals surface area (Å²) >= 11 is 0. The molecule has 1 fully saturated rings. The van der Waals surface area contributed by atoms with Gasteiger partial charge in [-0.25, -0.2) is 0 Å². The van der Waals surface area contributed by atoms with E-state index in [2.05, 4.69) is 23.5 Å². The Labute approximate surface area is 97.0 Å². The lowest BCUT2D eigenvalue weighted by atomic mass is 9.98. The van der Waals surface area contributed by atoms with Gasteiger partial charge in [-0.3, -0.25) is 0 Å². The van der Waals surface area contributed by atoms with Crippen LogP contribution in [0.4, 0.5) is 0 Å². The van der Waals surface area contributed by atoms with Crippen LogP contribution < -0.4 is 15.8 Å². The van der Waals surface area contributed by atoms with Gasteiger partial charge in [0.25, 0.3) is 0 Å². The van der Waals surface area contributed by atoms with E-state index in [0.29, 0.717) is 19.1 Å². The molecule has 2 rings (SSSR count). The predicted molar refractivity (Wildman–Crippen MR) is 65.8 cm³/mol. The van der Waals surface area contributed by atoms with Crippen molar-refractivity contribution in [1.82, 2.24) is 5.32 Å². The average Bonchev–Trinajstić information content (AvgIpc) is 2.83. The van der Waals surface area contributed by atoms with Gasteiger partial charge in [0, 0.05) is 6.54 Å². The first-order valence-electron chi connectivity index (χ1n) is 6.03. The molecule has 3 heteroatoms. The van der Waals surface area contributed by atoms with Crippen LogP contribution in [0, 0.1) is 0 Å². The topological polar surface area (TPSA) is 47.3 Å². The fourth-order valence-electron chi connectivity index (χ4n) is 2.07. The minimum Gasteiger partial charge on any atom is -0.494 e. The van der Waals surface area contributed by atoms with Crippen LogP contribution in [0.2, 0.25) is 0 Å². The van der Waals surface area contributed by atoms with E-state index in [0.717, 1.165) is 25.3 Å². The summed E-state index contributed by atoms with van der Waals surface area (Å²) in [5, 5.41) is 3.39. The maximum atomic E-state index is 5.65. The second-order valence-corrected chi connectivity index (χ2v) is 4.25. The first-order valence-corrected chi connectivity index (χ1v) is 6.03. The molecule has 88 valence electrons. The van der Waals surface area contributed by atoms with Gasteiger partial charge >= 0.3 is 0 Å². The largest absolute Gasteiger partial charge is 0.494 e. The molecule has 1 unspecified atom stereocenters. The van der Waals surface area contributed by atoms with Crippen LogP contribution in [0.15, 0.2) is 24.3 Å². The van der Waals surface area contributed by atoms with E-state index in [1.54, 1.807) is 0 Å². The molecule has 1 aliphatic rings. The normalized spacial score (nSPS) is 19.9. The maximum absolute atomic E-state index is 5.65. The van der Waals surface area contributed by atoms with Gasteiger partial charge in [0.1, 0.15) is 5.75 Å². The minimum absolute atomic E-state index is 0.651. The molecule has 0 aromatic heterocycles. The summed E-state index contributed by atoms with van der Waals surface area (Å²) in [5.41, 5.74) is 6.82. The summed E-state index contributed by atoms with van der Waals surface area (Å²) in [6.07, 6.45) is 2.14. The van der Waals surface area contributed by atoms with E-state index < -0.39 is 0 Å². The predicted octanol–water partition coefficient (Wildman–Crippen LogP) is 1.49. The highest BCUT2D eigenvalue weighted by atomic mass is 16.5. The zero-order valence-electron chi connectivity index (χ0n) is 9.61. The fraction of sp³-hybridized carbons (Fsp3) is 0.538. The van der Waals surface area contributed by atoms with Crippen LogP contribution in [0.25, 0.3) is 0 Å². The molecule has 0 saturated carbocycles. The third kappa shape index (κ3) is 2.97. The molecule has 3 N–H and O–H groups in total. The van der Waals surface area contributed by atoms with Crippen LogP contribution in [0.3, 0.4) is 0 Å². The minimum atomic E-state index is 0.651. The molecule has 1 heterocycles. The maximum Gasteiger partial charge on any atom is 0.119 e. The van der Waals surface area contributed by atoms with Gasteiger partial charge in [-0.1, -0.05) is 12.1 Å². The van der Waals surface area contributed by atoms with Crippen LogP contribution in [-0.4, -0.2) is 26.2 Å². The van der Waals surface area contributed by atoms with Crippen LogP contribution in [-0.2, 0) is 0 Å². The van der Waals surface area contributed by atoms with E-state index in [1.807, 2.05) is 6.07 Å². The molecule has 0 spiro atoms. The van der Waals surface area contributed by atoms with E-state index in [4.69, 9.17) is 10.5 Å². The Kier molecular flexibility index (Phi) is 4.19. The molecular weight excluding hydrogens is 200 g/mol. The van der Waals surface area contributed by atoms with Crippen molar-refractivity contribution in [1.29, 1.82) is 0 Å². The smallest absolute Gasteiger partial charge is 0.119 e. The Morgan fingerprint density at radius 2 is 2.38 bits per heavy atom. The molecule has 0 amide bonds. The number of nitrogens with two attached hydrogens (primary N) is 1. The van der Waals surface area contributed by atoms with Crippen LogP contribution in [0.1, 0.15) is 24.3 Å². The molecule has 1 aliphatic heterocycles. The van der Waals surface area contributed by atoms with Crippen molar-refractivity contribution in [2.75, 3.05) is 26.2 Å². The van der Waals surface area contributed by atoms with Crippen molar-refractivity contribution in [2.45, 2.75) is 18.8 Å². The van der Waals surface area contributed by atoms with Gasteiger partial charge in [-0.05, 0) is 49.5 Å². The van der Waals surface area contributed by atoms with Crippen molar-refractivity contribution in [3.63, 3.8) is 0 Å². The van der Waals surface area contributed by atoms with Gasteiger partial charge in [-0.2, -0.15) is 0 Å². The number of hydrogen-bond donors (Lipinski definition) is 2. The zero-order chi connectivity index (χ0) is 11.2. The Morgan fingerprint density at radius 1 is 1.44 bits per heavy atom. The van der Waals surface area contributed by atoms with Gasteiger partial charge in [0.05, 0.1) is 6.61 Å². The monoisotopic (exact) mass is 220 g/mol. The number of nitrogens with one attached hydrogen (secondary N) is 1. The van der Waals surface area contributed by atoms with Crippen LogP contribution in [0.5, 0.6) is 5.75 Å². The molecule has 1 atom stereocenters. The average molecular weight is 220 g/mol. The molecule has 0 radical (unpaired) electrons. The Bertz CT molecular complexity index is 321. The highest BCUT2D eigenvalue weighted by Crippen LogP contribution is 2.25. The molecular formula is C13H20N2O. The molecule has 1 aromatic carbocycles. The van der Waals surface area contributed by atoms with Crippen LogP contribution >= 0.6 is 0 Å². The first-order chi connectivity index (χ1) is 7.90. The van der Waals surface area contributed by atoms with E-state index in [9.17, 15) is 0 Å². The Morgan fingerprint density at radius 3 is 3.12 bits per heavy atom. The van der Waals surface area contributed by atoms with Crippen molar-refractivity contribution in [3.8, 4) is 5.75 Å². The fourth-order valence-corrected chi connectivity index (χ4v) is 2.07. The van der Waals surface area contributed by atoms with Gasteiger partial charge in [-0.15, -0.1) is 0 Å². The zero-order valence-corrected chi connectivity index (χ0v) is 9.61. The molecule has 16 heavy (non-hydrogen) atoms. The molecule has 1 aromatic rings. The van der Waals surface area contributed by atoms with E-state index >= 15 is 0 Å². The second-order valence-electron chi connectivity index (χ2n) is 4.25. The molecule has 0 aliphatic carbocycles.